The van der Waals surface area contributed by atoms with Gasteiger partial charge in [-0.05, 0) is 32.6 Å². The largest absolute Gasteiger partial charge is 0.390 e. The Labute approximate surface area is 69.1 Å². The maximum Gasteiger partial charge on any atom is 0.0685 e. The Morgan fingerprint density at radius 2 is 2.36 bits per heavy atom. The molecule has 1 rings (SSSR count). The molecule has 0 amide bonds. The molecule has 0 aliphatic heterocycles. The fourth-order valence-electron chi connectivity index (χ4n) is 1.69. The Bertz CT molecular complexity index is 160. The van der Waals surface area contributed by atoms with Gasteiger partial charge in [-0.2, -0.15) is 0 Å². The molecule has 64 valence electrons. The van der Waals surface area contributed by atoms with Crippen molar-refractivity contribution < 1.29 is 5.11 Å². The molecule has 1 aliphatic carbocycles. The third-order valence-electron chi connectivity index (χ3n) is 2.53. The van der Waals surface area contributed by atoms with Gasteiger partial charge in [0.15, 0.2) is 0 Å². The summed E-state index contributed by atoms with van der Waals surface area (Å²) in [6.45, 7) is 4.27. The van der Waals surface area contributed by atoms with Crippen LogP contribution in [0.2, 0.25) is 0 Å². The molecule has 1 aliphatic rings. The molecule has 0 spiro atoms. The van der Waals surface area contributed by atoms with Crippen LogP contribution in [0.5, 0.6) is 0 Å². The van der Waals surface area contributed by atoms with E-state index in [9.17, 15) is 5.11 Å². The minimum Gasteiger partial charge on any atom is -0.390 e. The van der Waals surface area contributed by atoms with E-state index in [2.05, 4.69) is 19.9 Å². The maximum absolute atomic E-state index is 9.94. The first-order chi connectivity index (χ1) is 5.16. The molecule has 1 atom stereocenters. The summed E-state index contributed by atoms with van der Waals surface area (Å²) in [6, 6.07) is 0. The molecule has 11 heavy (non-hydrogen) atoms. The van der Waals surface area contributed by atoms with Crippen LogP contribution < -0.4 is 0 Å². The van der Waals surface area contributed by atoms with Gasteiger partial charge in [0.25, 0.3) is 0 Å². The van der Waals surface area contributed by atoms with E-state index in [-0.39, 0.29) is 5.60 Å². The minimum atomic E-state index is -0.367. The van der Waals surface area contributed by atoms with Gasteiger partial charge in [0, 0.05) is 0 Å². The van der Waals surface area contributed by atoms with E-state index in [1.54, 1.807) is 0 Å². The lowest BCUT2D eigenvalue weighted by Gasteiger charge is -2.30. The van der Waals surface area contributed by atoms with Gasteiger partial charge in [0.2, 0.25) is 0 Å². The quantitative estimate of drug-likeness (QED) is 0.606. The van der Waals surface area contributed by atoms with Crippen molar-refractivity contribution in [1.29, 1.82) is 0 Å². The van der Waals surface area contributed by atoms with Gasteiger partial charge in [-0.25, -0.2) is 0 Å². The molecule has 0 saturated carbocycles. The molecule has 0 aromatic rings. The Morgan fingerprint density at radius 3 is 2.82 bits per heavy atom. The van der Waals surface area contributed by atoms with Crippen LogP contribution in [-0.2, 0) is 0 Å². The number of rotatable bonds is 2. The molecular formula is C10H18O. The van der Waals surface area contributed by atoms with Crippen LogP contribution in [0.15, 0.2) is 11.6 Å². The van der Waals surface area contributed by atoms with Gasteiger partial charge >= 0.3 is 0 Å². The monoisotopic (exact) mass is 154 g/mol. The van der Waals surface area contributed by atoms with Crippen LogP contribution in [0.4, 0.5) is 0 Å². The van der Waals surface area contributed by atoms with Gasteiger partial charge in [0.05, 0.1) is 5.60 Å². The second-order valence-corrected chi connectivity index (χ2v) is 3.73. The van der Waals surface area contributed by atoms with Gasteiger partial charge in [-0.3, -0.25) is 0 Å². The molecule has 1 N–H and O–H groups in total. The van der Waals surface area contributed by atoms with Gasteiger partial charge < -0.3 is 5.11 Å². The molecule has 0 aromatic carbocycles. The van der Waals surface area contributed by atoms with Crippen molar-refractivity contribution in [2.75, 3.05) is 0 Å². The van der Waals surface area contributed by atoms with Crippen molar-refractivity contribution in [2.45, 2.75) is 51.6 Å². The van der Waals surface area contributed by atoms with Crippen molar-refractivity contribution in [3.8, 4) is 0 Å². The lowest BCUT2D eigenvalue weighted by atomic mass is 9.83. The van der Waals surface area contributed by atoms with Gasteiger partial charge in [0.1, 0.15) is 0 Å². The Kier molecular flexibility index (Phi) is 2.72. The highest BCUT2D eigenvalue weighted by atomic mass is 16.3. The normalized spacial score (nSPS) is 31.7. The van der Waals surface area contributed by atoms with Crippen LogP contribution in [0, 0.1) is 0 Å². The Morgan fingerprint density at radius 1 is 1.64 bits per heavy atom. The van der Waals surface area contributed by atoms with Gasteiger partial charge in [-0.15, -0.1) is 0 Å². The summed E-state index contributed by atoms with van der Waals surface area (Å²) >= 11 is 0. The maximum atomic E-state index is 9.94. The second kappa shape index (κ2) is 3.40. The van der Waals surface area contributed by atoms with Crippen molar-refractivity contribution in [1.82, 2.24) is 0 Å². The predicted octanol–water partition coefficient (Wildman–Crippen LogP) is 2.65. The third-order valence-corrected chi connectivity index (χ3v) is 2.53. The highest BCUT2D eigenvalue weighted by Gasteiger charge is 2.26. The molecule has 0 heterocycles. The zero-order valence-electron chi connectivity index (χ0n) is 7.56. The standard InChI is InChI=1S/C10H18O/c1-3-6-10(11)7-4-9(2)5-8-10/h4,11H,3,5-8H2,1-2H3. The smallest absolute Gasteiger partial charge is 0.0685 e. The van der Waals surface area contributed by atoms with E-state index < -0.39 is 0 Å². The van der Waals surface area contributed by atoms with Crippen LogP contribution >= 0.6 is 0 Å². The lowest BCUT2D eigenvalue weighted by molar-refractivity contribution is 0.0207. The van der Waals surface area contributed by atoms with Crippen LogP contribution in [0.25, 0.3) is 0 Å². The molecule has 0 aromatic heterocycles. The number of aliphatic hydroxyl groups is 1. The summed E-state index contributed by atoms with van der Waals surface area (Å²) in [7, 11) is 0. The Balaban J connectivity index is 2.49. The van der Waals surface area contributed by atoms with Crippen molar-refractivity contribution in [3.05, 3.63) is 11.6 Å². The number of hydrogen-bond donors (Lipinski definition) is 1. The second-order valence-electron chi connectivity index (χ2n) is 3.73. The highest BCUT2D eigenvalue weighted by molar-refractivity contribution is 5.07. The van der Waals surface area contributed by atoms with Crippen LogP contribution in [-0.4, -0.2) is 10.7 Å². The van der Waals surface area contributed by atoms with Crippen molar-refractivity contribution in [2.24, 2.45) is 0 Å². The van der Waals surface area contributed by atoms with Crippen LogP contribution in [0.3, 0.4) is 0 Å². The van der Waals surface area contributed by atoms with E-state index in [1.807, 2.05) is 0 Å². The molecule has 0 radical (unpaired) electrons. The molecule has 1 nitrogen and oxygen atoms in total. The SMILES string of the molecule is CCCC1(O)CC=C(C)CC1. The molecule has 1 heteroatoms. The van der Waals surface area contributed by atoms with Crippen molar-refractivity contribution in [3.63, 3.8) is 0 Å². The zero-order chi connectivity index (χ0) is 8.32. The average Bonchev–Trinajstić information content (AvgIpc) is 1.97. The number of allylic oxidation sites excluding steroid dienone is 1. The number of hydrogen-bond acceptors (Lipinski definition) is 1. The summed E-state index contributed by atoms with van der Waals surface area (Å²) in [4.78, 5) is 0. The summed E-state index contributed by atoms with van der Waals surface area (Å²) in [6.07, 6.45) is 7.13. The fourth-order valence-corrected chi connectivity index (χ4v) is 1.69. The van der Waals surface area contributed by atoms with Crippen LogP contribution in [0.1, 0.15) is 46.0 Å². The summed E-state index contributed by atoms with van der Waals surface area (Å²) in [5.41, 5.74) is 1.07. The first-order valence-corrected chi connectivity index (χ1v) is 4.54. The third kappa shape index (κ3) is 2.33. The minimum absolute atomic E-state index is 0.367. The van der Waals surface area contributed by atoms with E-state index in [4.69, 9.17) is 0 Å². The molecular weight excluding hydrogens is 136 g/mol. The van der Waals surface area contributed by atoms with Gasteiger partial charge in [-0.1, -0.05) is 25.0 Å². The zero-order valence-corrected chi connectivity index (χ0v) is 7.56. The van der Waals surface area contributed by atoms with E-state index in [0.717, 1.165) is 32.1 Å². The summed E-state index contributed by atoms with van der Waals surface area (Å²) < 4.78 is 0. The lowest BCUT2D eigenvalue weighted by Crippen LogP contribution is -2.29. The average molecular weight is 154 g/mol. The molecule has 0 fully saturated rings. The van der Waals surface area contributed by atoms with E-state index in [0.29, 0.717) is 0 Å². The topological polar surface area (TPSA) is 20.2 Å². The summed E-state index contributed by atoms with van der Waals surface area (Å²) in [5.74, 6) is 0. The molecule has 1 unspecified atom stereocenters. The highest BCUT2D eigenvalue weighted by Crippen LogP contribution is 2.30. The molecule has 0 saturated heterocycles. The first-order valence-electron chi connectivity index (χ1n) is 4.54. The summed E-state index contributed by atoms with van der Waals surface area (Å²) in [5, 5.41) is 9.94. The Hall–Kier alpha value is -0.300. The van der Waals surface area contributed by atoms with E-state index in [1.165, 1.54) is 5.57 Å². The first kappa shape index (κ1) is 8.79. The molecule has 0 bridgehead atoms. The predicted molar refractivity (Wildman–Crippen MR) is 47.5 cm³/mol. The fraction of sp³-hybridized carbons (Fsp3) is 0.800. The van der Waals surface area contributed by atoms with E-state index >= 15 is 0 Å². The van der Waals surface area contributed by atoms with Crippen molar-refractivity contribution >= 4 is 0 Å².